The minimum atomic E-state index is 0.0126. The van der Waals surface area contributed by atoms with E-state index in [9.17, 15) is 5.11 Å². The molecule has 0 aromatic heterocycles. The molecule has 0 saturated carbocycles. The Morgan fingerprint density at radius 2 is 2.36 bits per heavy atom. The first-order valence-electron chi connectivity index (χ1n) is 4.97. The maximum atomic E-state index is 9.64. The van der Waals surface area contributed by atoms with Gasteiger partial charge in [-0.25, -0.2) is 0 Å². The summed E-state index contributed by atoms with van der Waals surface area (Å²) >= 11 is 0. The van der Waals surface area contributed by atoms with Crippen molar-refractivity contribution < 1.29 is 9.84 Å². The summed E-state index contributed by atoms with van der Waals surface area (Å²) in [6, 6.07) is 3.63. The third-order valence-corrected chi connectivity index (χ3v) is 2.65. The molecule has 0 radical (unpaired) electrons. The zero-order valence-corrected chi connectivity index (χ0v) is 8.29. The molecule has 1 aliphatic carbocycles. The van der Waals surface area contributed by atoms with Gasteiger partial charge in [0.15, 0.2) is 11.5 Å². The van der Waals surface area contributed by atoms with Crippen LogP contribution in [0.4, 0.5) is 0 Å². The Morgan fingerprint density at radius 1 is 1.57 bits per heavy atom. The van der Waals surface area contributed by atoms with Crippen molar-refractivity contribution in [1.29, 1.82) is 0 Å². The maximum Gasteiger partial charge on any atom is 0.165 e. The van der Waals surface area contributed by atoms with Gasteiger partial charge in [0.25, 0.3) is 0 Å². The van der Waals surface area contributed by atoms with Gasteiger partial charge in [0.05, 0.1) is 6.61 Å². The molecule has 0 amide bonds. The minimum Gasteiger partial charge on any atom is -0.504 e. The van der Waals surface area contributed by atoms with Gasteiger partial charge in [0, 0.05) is 11.6 Å². The first-order valence-corrected chi connectivity index (χ1v) is 4.97. The van der Waals surface area contributed by atoms with E-state index >= 15 is 0 Å². The lowest BCUT2D eigenvalue weighted by molar-refractivity contribution is 0.313. The number of hydrogen-bond acceptors (Lipinski definition) is 3. The number of aromatic hydroxyl groups is 1. The summed E-state index contributed by atoms with van der Waals surface area (Å²) in [5.41, 5.74) is 8.15. The fourth-order valence-electron chi connectivity index (χ4n) is 2.00. The number of phenols is 1. The Bertz CT molecular complexity index is 349. The number of benzene rings is 1. The molecule has 1 atom stereocenters. The van der Waals surface area contributed by atoms with E-state index in [-0.39, 0.29) is 11.8 Å². The van der Waals surface area contributed by atoms with Crippen LogP contribution in [0.25, 0.3) is 0 Å². The van der Waals surface area contributed by atoms with E-state index in [0.717, 1.165) is 18.4 Å². The van der Waals surface area contributed by atoms with Gasteiger partial charge in [-0.05, 0) is 31.4 Å². The molecule has 0 bridgehead atoms. The average molecular weight is 193 g/mol. The van der Waals surface area contributed by atoms with Gasteiger partial charge < -0.3 is 15.6 Å². The van der Waals surface area contributed by atoms with Crippen molar-refractivity contribution in [2.24, 2.45) is 5.73 Å². The Morgan fingerprint density at radius 3 is 3.07 bits per heavy atom. The van der Waals surface area contributed by atoms with Gasteiger partial charge in [0.1, 0.15) is 0 Å². The van der Waals surface area contributed by atoms with E-state index in [1.807, 2.05) is 13.0 Å². The molecule has 0 saturated heterocycles. The van der Waals surface area contributed by atoms with E-state index in [0.29, 0.717) is 12.4 Å². The molecule has 0 spiro atoms. The lowest BCUT2D eigenvalue weighted by Gasteiger charge is -2.13. The molecular weight excluding hydrogens is 178 g/mol. The van der Waals surface area contributed by atoms with Crippen LogP contribution in [-0.2, 0) is 6.42 Å². The highest BCUT2D eigenvalue weighted by molar-refractivity contribution is 5.53. The number of fused-ring (bicyclic) bond motifs is 1. The van der Waals surface area contributed by atoms with Crippen LogP contribution in [0.3, 0.4) is 0 Å². The molecule has 1 aliphatic rings. The molecule has 2 rings (SSSR count). The second kappa shape index (κ2) is 3.50. The van der Waals surface area contributed by atoms with E-state index < -0.39 is 0 Å². The Kier molecular flexibility index (Phi) is 2.33. The van der Waals surface area contributed by atoms with Crippen LogP contribution < -0.4 is 10.5 Å². The van der Waals surface area contributed by atoms with Crippen molar-refractivity contribution in [2.75, 3.05) is 6.61 Å². The number of ether oxygens (including phenoxy) is 1. The summed E-state index contributed by atoms with van der Waals surface area (Å²) < 4.78 is 5.42. The Hall–Kier alpha value is -1.22. The van der Waals surface area contributed by atoms with Gasteiger partial charge in [0.2, 0.25) is 0 Å². The minimum absolute atomic E-state index is 0.0126. The van der Waals surface area contributed by atoms with Gasteiger partial charge in [-0.3, -0.25) is 0 Å². The van der Waals surface area contributed by atoms with E-state index in [1.165, 1.54) is 5.56 Å². The summed E-state index contributed by atoms with van der Waals surface area (Å²) in [5, 5.41) is 9.64. The van der Waals surface area contributed by atoms with E-state index in [2.05, 4.69) is 0 Å². The summed E-state index contributed by atoms with van der Waals surface area (Å²) in [4.78, 5) is 0. The third kappa shape index (κ3) is 1.34. The van der Waals surface area contributed by atoms with Gasteiger partial charge in [-0.1, -0.05) is 6.07 Å². The number of phenolic OH excluding ortho intramolecular Hbond substituents is 1. The van der Waals surface area contributed by atoms with Crippen molar-refractivity contribution in [3.05, 3.63) is 23.3 Å². The topological polar surface area (TPSA) is 55.5 Å². The average Bonchev–Trinajstić information content (AvgIpc) is 2.53. The summed E-state index contributed by atoms with van der Waals surface area (Å²) in [5.74, 6) is 0.776. The van der Waals surface area contributed by atoms with Crippen molar-refractivity contribution in [3.63, 3.8) is 0 Å². The maximum absolute atomic E-state index is 9.64. The molecule has 3 nitrogen and oxygen atoms in total. The zero-order chi connectivity index (χ0) is 10.1. The fraction of sp³-hybridized carbons (Fsp3) is 0.455. The normalized spacial score (nSPS) is 19.4. The van der Waals surface area contributed by atoms with Crippen LogP contribution in [-0.4, -0.2) is 11.7 Å². The lowest BCUT2D eigenvalue weighted by atomic mass is 10.1. The number of hydrogen-bond donors (Lipinski definition) is 2. The van der Waals surface area contributed by atoms with Gasteiger partial charge in [-0.15, -0.1) is 0 Å². The highest BCUT2D eigenvalue weighted by Crippen LogP contribution is 2.41. The summed E-state index contributed by atoms with van der Waals surface area (Å²) in [6.07, 6.45) is 1.93. The summed E-state index contributed by atoms with van der Waals surface area (Å²) in [7, 11) is 0. The molecule has 3 heteroatoms. The smallest absolute Gasteiger partial charge is 0.165 e. The first-order chi connectivity index (χ1) is 6.74. The van der Waals surface area contributed by atoms with E-state index in [4.69, 9.17) is 10.5 Å². The summed E-state index contributed by atoms with van der Waals surface area (Å²) in [6.45, 7) is 2.45. The van der Waals surface area contributed by atoms with Gasteiger partial charge >= 0.3 is 0 Å². The molecule has 0 fully saturated rings. The second-order valence-electron chi connectivity index (χ2n) is 3.56. The predicted octanol–water partition coefficient (Wildman–Crippen LogP) is 1.74. The predicted molar refractivity (Wildman–Crippen MR) is 54.5 cm³/mol. The van der Waals surface area contributed by atoms with Crippen LogP contribution in [0.5, 0.6) is 11.5 Å². The van der Waals surface area contributed by atoms with Crippen molar-refractivity contribution in [2.45, 2.75) is 25.8 Å². The molecule has 0 heterocycles. The number of rotatable bonds is 2. The Balaban J connectivity index is 2.50. The van der Waals surface area contributed by atoms with Crippen molar-refractivity contribution >= 4 is 0 Å². The molecular formula is C11H15NO2. The van der Waals surface area contributed by atoms with Crippen molar-refractivity contribution in [1.82, 2.24) is 0 Å². The van der Waals surface area contributed by atoms with Gasteiger partial charge in [-0.2, -0.15) is 0 Å². The molecule has 76 valence electrons. The number of nitrogens with two attached hydrogens (primary N) is 1. The quantitative estimate of drug-likeness (QED) is 0.752. The second-order valence-corrected chi connectivity index (χ2v) is 3.56. The zero-order valence-electron chi connectivity index (χ0n) is 8.29. The van der Waals surface area contributed by atoms with Crippen LogP contribution in [0.2, 0.25) is 0 Å². The Labute approximate surface area is 83.5 Å². The highest BCUT2D eigenvalue weighted by atomic mass is 16.5. The highest BCUT2D eigenvalue weighted by Gasteiger charge is 2.25. The molecule has 0 aliphatic heterocycles. The molecule has 3 N–H and O–H groups in total. The van der Waals surface area contributed by atoms with Crippen molar-refractivity contribution in [3.8, 4) is 11.5 Å². The molecule has 1 aromatic carbocycles. The number of aryl methyl sites for hydroxylation is 1. The monoisotopic (exact) mass is 193 g/mol. The molecule has 1 aromatic rings. The standard InChI is InChI=1S/C11H15NO2/c1-2-14-11-9(13)6-4-7-3-5-8(12)10(7)11/h4,6,8,13H,2-3,5,12H2,1H3. The molecule has 14 heavy (non-hydrogen) atoms. The van der Waals surface area contributed by atoms with E-state index in [1.54, 1.807) is 6.07 Å². The third-order valence-electron chi connectivity index (χ3n) is 2.65. The SMILES string of the molecule is CCOc1c(O)ccc2c1C(N)CC2. The van der Waals surface area contributed by atoms with Crippen LogP contribution in [0.1, 0.15) is 30.5 Å². The van der Waals surface area contributed by atoms with Crippen LogP contribution >= 0.6 is 0 Å². The lowest BCUT2D eigenvalue weighted by Crippen LogP contribution is -2.08. The largest absolute Gasteiger partial charge is 0.504 e. The molecule has 1 unspecified atom stereocenters. The first kappa shape index (κ1) is 9.34. The van der Waals surface area contributed by atoms with Crippen LogP contribution in [0, 0.1) is 0 Å². The van der Waals surface area contributed by atoms with Crippen LogP contribution in [0.15, 0.2) is 12.1 Å². The fourth-order valence-corrected chi connectivity index (χ4v) is 2.00.